The number of nitrogens with two attached hydrogens (primary N) is 1. The van der Waals surface area contributed by atoms with Gasteiger partial charge in [-0.05, 0) is 20.3 Å². The Labute approximate surface area is 131 Å². The number of hydrogen-bond acceptors (Lipinski definition) is 4. The van der Waals surface area contributed by atoms with Gasteiger partial charge in [-0.2, -0.15) is 11.8 Å². The highest BCUT2D eigenvalue weighted by Gasteiger charge is 2.25. The normalized spacial score (nSPS) is 18.7. The van der Waals surface area contributed by atoms with Crippen molar-refractivity contribution < 1.29 is 9.13 Å². The summed E-state index contributed by atoms with van der Waals surface area (Å²) in [6, 6.07) is 3.11. The lowest BCUT2D eigenvalue weighted by molar-refractivity contribution is 0.231. The fraction of sp³-hybridized carbons (Fsp3) is 0.625. The van der Waals surface area contributed by atoms with Crippen molar-refractivity contribution in [2.75, 3.05) is 29.5 Å². The fourth-order valence-electron chi connectivity index (χ4n) is 2.44. The number of thioether (sulfide) groups is 1. The summed E-state index contributed by atoms with van der Waals surface area (Å²) in [5, 5.41) is 0. The Balaban J connectivity index is 2.26. The van der Waals surface area contributed by atoms with Crippen molar-refractivity contribution in [1.82, 2.24) is 0 Å². The molecule has 1 aliphatic rings. The number of halogens is 1. The lowest BCUT2D eigenvalue weighted by Gasteiger charge is -2.26. The van der Waals surface area contributed by atoms with Gasteiger partial charge in [0.15, 0.2) is 11.6 Å². The van der Waals surface area contributed by atoms with Crippen LogP contribution in [-0.4, -0.2) is 29.7 Å². The van der Waals surface area contributed by atoms with Crippen LogP contribution in [0.25, 0.3) is 0 Å². The molecule has 1 heterocycles. The summed E-state index contributed by atoms with van der Waals surface area (Å²) in [6.07, 6.45) is 1.02. The number of anilines is 2. The Morgan fingerprint density at radius 2 is 2.05 bits per heavy atom. The van der Waals surface area contributed by atoms with Crippen LogP contribution in [0.15, 0.2) is 12.1 Å². The van der Waals surface area contributed by atoms with E-state index in [0.717, 1.165) is 31.0 Å². The molecule has 2 N–H and O–H groups in total. The van der Waals surface area contributed by atoms with Crippen LogP contribution in [0.5, 0.6) is 5.75 Å². The molecule has 1 fully saturated rings. The highest BCUT2D eigenvalue weighted by molar-refractivity contribution is 8.00. The second kappa shape index (κ2) is 6.34. The third-order valence-electron chi connectivity index (χ3n) is 3.62. The lowest BCUT2D eigenvalue weighted by atomic mass is 10.1. The van der Waals surface area contributed by atoms with Crippen LogP contribution < -0.4 is 15.4 Å². The number of nitrogens with zero attached hydrogens (tertiary/aromatic N) is 1. The van der Waals surface area contributed by atoms with E-state index in [9.17, 15) is 4.39 Å². The average Bonchev–Trinajstić information content (AvgIpc) is 2.53. The maximum absolute atomic E-state index is 13.9. The number of rotatable bonds is 3. The summed E-state index contributed by atoms with van der Waals surface area (Å²) in [7, 11) is 0. The molecule has 1 aromatic carbocycles. The van der Waals surface area contributed by atoms with Crippen molar-refractivity contribution in [1.29, 1.82) is 0 Å². The van der Waals surface area contributed by atoms with Crippen LogP contribution in [0.2, 0.25) is 0 Å². The van der Waals surface area contributed by atoms with Gasteiger partial charge >= 0.3 is 0 Å². The van der Waals surface area contributed by atoms with Gasteiger partial charge in [0.05, 0.1) is 17.5 Å². The van der Waals surface area contributed by atoms with Gasteiger partial charge < -0.3 is 15.4 Å². The minimum Gasteiger partial charge on any atom is -0.488 e. The van der Waals surface area contributed by atoms with Crippen LogP contribution in [-0.2, 0) is 0 Å². The third kappa shape index (κ3) is 4.19. The van der Waals surface area contributed by atoms with E-state index in [4.69, 9.17) is 10.5 Å². The van der Waals surface area contributed by atoms with Gasteiger partial charge in [-0.3, -0.25) is 0 Å². The summed E-state index contributed by atoms with van der Waals surface area (Å²) < 4.78 is 19.8. The van der Waals surface area contributed by atoms with E-state index in [-0.39, 0.29) is 16.6 Å². The zero-order chi connectivity index (χ0) is 15.6. The summed E-state index contributed by atoms with van der Waals surface area (Å²) in [4.78, 5) is 2.24. The molecule has 0 aromatic heterocycles. The highest BCUT2D eigenvalue weighted by atomic mass is 32.2. The van der Waals surface area contributed by atoms with Crippen molar-refractivity contribution in [3.05, 3.63) is 17.9 Å². The molecule has 2 rings (SSSR count). The topological polar surface area (TPSA) is 38.5 Å². The van der Waals surface area contributed by atoms with Gasteiger partial charge in [-0.25, -0.2) is 4.39 Å². The van der Waals surface area contributed by atoms with Gasteiger partial charge in [0, 0.05) is 35.7 Å². The summed E-state index contributed by atoms with van der Waals surface area (Å²) in [6.45, 7) is 10.2. The number of benzene rings is 1. The van der Waals surface area contributed by atoms with Gasteiger partial charge in [0.25, 0.3) is 0 Å². The van der Waals surface area contributed by atoms with Gasteiger partial charge in [0.1, 0.15) is 0 Å². The molecule has 0 amide bonds. The number of ether oxygens (including phenoxy) is 1. The molecule has 1 aliphatic heterocycles. The second-order valence-corrected chi connectivity index (χ2v) is 8.16. The molecule has 0 bridgehead atoms. The van der Waals surface area contributed by atoms with Crippen LogP contribution in [0.4, 0.5) is 15.8 Å². The molecule has 0 unspecified atom stereocenters. The van der Waals surface area contributed by atoms with Crippen LogP contribution in [0.1, 0.15) is 34.1 Å². The highest BCUT2D eigenvalue weighted by Crippen LogP contribution is 2.36. The van der Waals surface area contributed by atoms with Crippen molar-refractivity contribution in [3.63, 3.8) is 0 Å². The first kappa shape index (κ1) is 16.3. The van der Waals surface area contributed by atoms with Crippen LogP contribution in [0, 0.1) is 5.82 Å². The lowest BCUT2D eigenvalue weighted by Crippen LogP contribution is -2.28. The standard InChI is InChI=1S/C16H25FN2OS/c1-11(2)20-15-10-14(13(18)9-12(15)17)19-6-5-16(3,4)21-8-7-19/h9-11H,5-8,18H2,1-4H3. The average molecular weight is 312 g/mol. The van der Waals surface area contributed by atoms with Crippen LogP contribution in [0.3, 0.4) is 0 Å². The van der Waals surface area contributed by atoms with Crippen LogP contribution >= 0.6 is 11.8 Å². The molecule has 5 heteroatoms. The van der Waals surface area contributed by atoms with Crippen molar-refractivity contribution in [2.24, 2.45) is 0 Å². The zero-order valence-electron chi connectivity index (χ0n) is 13.3. The minimum absolute atomic E-state index is 0.0606. The Morgan fingerprint density at radius 1 is 1.33 bits per heavy atom. The minimum atomic E-state index is -0.394. The maximum atomic E-state index is 13.9. The molecule has 0 aliphatic carbocycles. The van der Waals surface area contributed by atoms with Gasteiger partial charge in [-0.1, -0.05) is 13.8 Å². The van der Waals surface area contributed by atoms with Crippen molar-refractivity contribution in [2.45, 2.75) is 45.0 Å². The van der Waals surface area contributed by atoms with E-state index in [1.165, 1.54) is 6.07 Å². The van der Waals surface area contributed by atoms with E-state index in [0.29, 0.717) is 5.69 Å². The van der Waals surface area contributed by atoms with E-state index >= 15 is 0 Å². The Morgan fingerprint density at radius 3 is 2.71 bits per heavy atom. The first-order valence-corrected chi connectivity index (χ1v) is 8.41. The monoisotopic (exact) mass is 312 g/mol. The van der Waals surface area contributed by atoms with Crippen molar-refractivity contribution in [3.8, 4) is 5.75 Å². The van der Waals surface area contributed by atoms with E-state index in [1.54, 1.807) is 6.07 Å². The Bertz CT molecular complexity index is 505. The SMILES string of the molecule is CC(C)Oc1cc(N2CCSC(C)(C)CC2)c(N)cc1F. The molecule has 118 valence electrons. The molecule has 0 saturated carbocycles. The summed E-state index contributed by atoms with van der Waals surface area (Å²) >= 11 is 1.98. The smallest absolute Gasteiger partial charge is 0.167 e. The number of nitrogen functional groups attached to an aromatic ring is 1. The Hall–Kier alpha value is -1.10. The van der Waals surface area contributed by atoms with Gasteiger partial charge in [0.2, 0.25) is 0 Å². The predicted molar refractivity (Wildman–Crippen MR) is 89.9 cm³/mol. The molecule has 0 atom stereocenters. The summed E-state index contributed by atoms with van der Waals surface area (Å²) in [5.74, 6) is 0.935. The van der Waals surface area contributed by atoms with E-state index in [2.05, 4.69) is 18.7 Å². The van der Waals surface area contributed by atoms with E-state index < -0.39 is 5.82 Å². The van der Waals surface area contributed by atoms with Gasteiger partial charge in [-0.15, -0.1) is 0 Å². The molecule has 0 spiro atoms. The first-order valence-electron chi connectivity index (χ1n) is 7.43. The zero-order valence-corrected chi connectivity index (χ0v) is 14.1. The summed E-state index contributed by atoms with van der Waals surface area (Å²) in [5.41, 5.74) is 7.39. The quantitative estimate of drug-likeness (QED) is 0.859. The Kier molecular flexibility index (Phi) is 4.91. The third-order valence-corrected chi connectivity index (χ3v) is 4.99. The fourth-order valence-corrected chi connectivity index (χ4v) is 3.54. The molecular weight excluding hydrogens is 287 g/mol. The predicted octanol–water partition coefficient (Wildman–Crippen LogP) is 3.92. The molecular formula is C16H25FN2OS. The largest absolute Gasteiger partial charge is 0.488 e. The number of hydrogen-bond donors (Lipinski definition) is 1. The molecule has 21 heavy (non-hydrogen) atoms. The van der Waals surface area contributed by atoms with E-state index in [1.807, 2.05) is 25.6 Å². The molecule has 1 aromatic rings. The second-order valence-electron chi connectivity index (χ2n) is 6.35. The first-order chi connectivity index (χ1) is 9.78. The maximum Gasteiger partial charge on any atom is 0.167 e. The molecule has 1 saturated heterocycles. The molecule has 3 nitrogen and oxygen atoms in total. The molecule has 0 radical (unpaired) electrons. The van der Waals surface area contributed by atoms with Crippen molar-refractivity contribution >= 4 is 23.1 Å².